The Morgan fingerprint density at radius 2 is 1.41 bits per heavy atom. The van der Waals surface area contributed by atoms with Crippen molar-refractivity contribution in [3.8, 4) is 0 Å². The van der Waals surface area contributed by atoms with Crippen LogP contribution in [0.5, 0.6) is 0 Å². The van der Waals surface area contributed by atoms with Crippen LogP contribution in [0.2, 0.25) is 0 Å². The summed E-state index contributed by atoms with van der Waals surface area (Å²) in [5, 5.41) is 2.93. The molecule has 1 N–H and O–H groups in total. The summed E-state index contributed by atoms with van der Waals surface area (Å²) in [7, 11) is -2.86. The minimum absolute atomic E-state index is 0.0452. The second-order valence-corrected chi connectivity index (χ2v) is 11.6. The number of carbonyl (C=O) groups excluding carboxylic acids is 1. The first-order valence-electron chi connectivity index (χ1n) is 10.5. The molecule has 3 aliphatic rings. The third-order valence-corrected chi connectivity index (χ3v) is 8.77. The lowest BCUT2D eigenvalue weighted by molar-refractivity contribution is 0.203. The first-order chi connectivity index (χ1) is 13.6. The van der Waals surface area contributed by atoms with E-state index in [1.165, 1.54) is 5.69 Å². The first-order valence-corrected chi connectivity index (χ1v) is 12.3. The number of fused-ring (bicyclic) bond motifs is 1. The van der Waals surface area contributed by atoms with Crippen molar-refractivity contribution in [3.63, 3.8) is 0 Å². The van der Waals surface area contributed by atoms with Gasteiger partial charge in [0, 0.05) is 68.0 Å². The maximum absolute atomic E-state index is 12.3. The van der Waals surface area contributed by atoms with Crippen LogP contribution in [0.4, 0.5) is 16.2 Å². The quantitative estimate of drug-likeness (QED) is 0.807. The molecule has 3 heterocycles. The number of likely N-dealkylation sites (tertiary alicyclic amines) is 1. The van der Waals surface area contributed by atoms with E-state index in [0.717, 1.165) is 31.9 Å². The molecule has 3 aliphatic heterocycles. The second-order valence-electron chi connectivity index (χ2n) is 9.32. The van der Waals surface area contributed by atoms with E-state index in [4.69, 9.17) is 0 Å². The minimum Gasteiger partial charge on any atom is -0.370 e. The van der Waals surface area contributed by atoms with E-state index < -0.39 is 9.84 Å². The van der Waals surface area contributed by atoms with E-state index in [1.54, 1.807) is 0 Å². The van der Waals surface area contributed by atoms with E-state index in [0.29, 0.717) is 19.6 Å². The lowest BCUT2D eigenvalue weighted by atomic mass is 9.71. The van der Waals surface area contributed by atoms with Crippen molar-refractivity contribution in [2.24, 2.45) is 10.8 Å². The molecule has 0 aliphatic carbocycles. The summed E-state index contributed by atoms with van der Waals surface area (Å²) in [4.78, 5) is 18.8. The third kappa shape index (κ3) is 3.67. The van der Waals surface area contributed by atoms with Crippen LogP contribution in [0.25, 0.3) is 0 Å². The van der Waals surface area contributed by atoms with Gasteiger partial charge in [-0.05, 0) is 31.2 Å². The fraction of sp³-hybridized carbons (Fsp3) is 0.667. The molecule has 0 radical (unpaired) electrons. The van der Waals surface area contributed by atoms with Crippen LogP contribution in [0, 0.1) is 10.8 Å². The largest absolute Gasteiger partial charge is 0.370 e. The second kappa shape index (κ2) is 7.07. The number of hydrogen-bond donors (Lipinski definition) is 1. The SMILES string of the molecule is CCNC(=O)N1CC2(C)CN(c3ccc(N4CCS(=O)(=O)CC4)cc3)CC2(C)C1. The average Bonchev–Trinajstić information content (AvgIpc) is 3.07. The Morgan fingerprint density at radius 3 is 1.90 bits per heavy atom. The molecule has 2 unspecified atom stereocenters. The molecule has 8 heteroatoms. The van der Waals surface area contributed by atoms with Crippen LogP contribution in [-0.2, 0) is 9.84 Å². The molecule has 0 saturated carbocycles. The summed E-state index contributed by atoms with van der Waals surface area (Å²) in [6, 6.07) is 8.55. The Balaban J connectivity index is 1.43. The molecule has 160 valence electrons. The van der Waals surface area contributed by atoms with Crippen LogP contribution in [0.3, 0.4) is 0 Å². The molecule has 0 spiro atoms. The van der Waals surface area contributed by atoms with Gasteiger partial charge in [0.2, 0.25) is 0 Å². The monoisotopic (exact) mass is 420 g/mol. The summed E-state index contributed by atoms with van der Waals surface area (Å²) in [5.74, 6) is 0.472. The van der Waals surface area contributed by atoms with Crippen molar-refractivity contribution < 1.29 is 13.2 Å². The highest BCUT2D eigenvalue weighted by atomic mass is 32.2. The van der Waals surface area contributed by atoms with E-state index in [-0.39, 0.29) is 28.4 Å². The van der Waals surface area contributed by atoms with Gasteiger partial charge in [0.1, 0.15) is 0 Å². The van der Waals surface area contributed by atoms with Gasteiger partial charge in [0.15, 0.2) is 9.84 Å². The maximum atomic E-state index is 12.3. The van der Waals surface area contributed by atoms with Gasteiger partial charge in [-0.2, -0.15) is 0 Å². The van der Waals surface area contributed by atoms with Crippen LogP contribution in [0.1, 0.15) is 20.8 Å². The van der Waals surface area contributed by atoms with Crippen molar-refractivity contribution in [3.05, 3.63) is 24.3 Å². The molecule has 0 aromatic heterocycles. The van der Waals surface area contributed by atoms with Gasteiger partial charge in [-0.25, -0.2) is 13.2 Å². The number of sulfone groups is 1. The van der Waals surface area contributed by atoms with Gasteiger partial charge in [-0.15, -0.1) is 0 Å². The Morgan fingerprint density at radius 1 is 0.931 bits per heavy atom. The summed E-state index contributed by atoms with van der Waals surface area (Å²) >= 11 is 0. The summed E-state index contributed by atoms with van der Waals surface area (Å²) in [5.41, 5.74) is 2.42. The van der Waals surface area contributed by atoms with Crippen LogP contribution in [-0.4, -0.2) is 76.7 Å². The number of nitrogens with zero attached hydrogens (tertiary/aromatic N) is 3. The smallest absolute Gasteiger partial charge is 0.317 e. The van der Waals surface area contributed by atoms with Crippen LogP contribution in [0.15, 0.2) is 24.3 Å². The van der Waals surface area contributed by atoms with Gasteiger partial charge < -0.3 is 20.0 Å². The van der Waals surface area contributed by atoms with Gasteiger partial charge in [-0.3, -0.25) is 0 Å². The Bertz CT molecular complexity index is 854. The number of anilines is 2. The van der Waals surface area contributed by atoms with Crippen molar-refractivity contribution in [2.75, 3.05) is 67.1 Å². The number of urea groups is 1. The molecule has 0 bridgehead atoms. The molecular weight excluding hydrogens is 388 g/mol. The zero-order valence-electron chi connectivity index (χ0n) is 17.6. The minimum atomic E-state index is -2.86. The zero-order chi connectivity index (χ0) is 20.9. The lowest BCUT2D eigenvalue weighted by Gasteiger charge is -2.30. The fourth-order valence-corrected chi connectivity index (χ4v) is 6.30. The molecule has 2 atom stereocenters. The zero-order valence-corrected chi connectivity index (χ0v) is 18.5. The van der Waals surface area contributed by atoms with Crippen molar-refractivity contribution in [1.82, 2.24) is 10.2 Å². The van der Waals surface area contributed by atoms with E-state index in [9.17, 15) is 13.2 Å². The predicted molar refractivity (Wildman–Crippen MR) is 116 cm³/mol. The summed E-state index contributed by atoms with van der Waals surface area (Å²) in [6.07, 6.45) is 0. The number of rotatable bonds is 3. The maximum Gasteiger partial charge on any atom is 0.317 e. The molecule has 4 rings (SSSR count). The molecule has 1 aromatic carbocycles. The van der Waals surface area contributed by atoms with Crippen molar-refractivity contribution in [2.45, 2.75) is 20.8 Å². The highest BCUT2D eigenvalue weighted by Gasteiger charge is 2.58. The number of benzene rings is 1. The molecule has 1 aromatic rings. The van der Waals surface area contributed by atoms with E-state index in [2.05, 4.69) is 53.2 Å². The summed E-state index contributed by atoms with van der Waals surface area (Å²) < 4.78 is 23.3. The molecule has 3 saturated heterocycles. The van der Waals surface area contributed by atoms with E-state index >= 15 is 0 Å². The van der Waals surface area contributed by atoms with E-state index in [1.807, 2.05) is 11.8 Å². The van der Waals surface area contributed by atoms with Gasteiger partial charge in [-0.1, -0.05) is 13.8 Å². The molecule has 7 nitrogen and oxygen atoms in total. The molecule has 3 fully saturated rings. The predicted octanol–water partition coefficient (Wildman–Crippen LogP) is 1.80. The standard InChI is InChI=1S/C21H32N4O3S/c1-4-22-19(26)25-15-20(2)13-24(14-21(20,3)16-25)18-7-5-17(6-8-18)23-9-11-29(27,28)12-10-23/h5-8H,4,9-16H2,1-3H3,(H,22,26). The van der Waals surface area contributed by atoms with Crippen molar-refractivity contribution >= 4 is 27.2 Å². The highest BCUT2D eigenvalue weighted by molar-refractivity contribution is 7.91. The number of nitrogens with one attached hydrogen (secondary N) is 1. The molecule has 29 heavy (non-hydrogen) atoms. The lowest BCUT2D eigenvalue weighted by Crippen LogP contribution is -2.41. The number of amides is 2. The highest BCUT2D eigenvalue weighted by Crippen LogP contribution is 2.52. The number of carbonyl (C=O) groups is 1. The van der Waals surface area contributed by atoms with Crippen molar-refractivity contribution in [1.29, 1.82) is 0 Å². The normalized spacial score (nSPS) is 31.1. The van der Waals surface area contributed by atoms with Gasteiger partial charge in [0.05, 0.1) is 11.5 Å². The Hall–Kier alpha value is -1.96. The Kier molecular flexibility index (Phi) is 4.96. The van der Waals surface area contributed by atoms with Gasteiger partial charge >= 0.3 is 6.03 Å². The fourth-order valence-electron chi connectivity index (χ4n) is 5.09. The molecule has 2 amide bonds. The van der Waals surface area contributed by atoms with Gasteiger partial charge in [0.25, 0.3) is 0 Å². The average molecular weight is 421 g/mol. The summed E-state index contributed by atoms with van der Waals surface area (Å²) in [6.45, 7) is 11.8. The van der Waals surface area contributed by atoms with Crippen LogP contribution >= 0.6 is 0 Å². The topological polar surface area (TPSA) is 73.0 Å². The third-order valence-electron chi connectivity index (χ3n) is 7.16. The number of hydrogen-bond acceptors (Lipinski definition) is 5. The Labute approximate surface area is 174 Å². The molecular formula is C21H32N4O3S. The van der Waals surface area contributed by atoms with Crippen LogP contribution < -0.4 is 15.1 Å². The first kappa shape index (κ1) is 20.3.